The molecule has 4 heterocycles. The SMILES string of the molecule is CO[C@H]1/C(C)=C/O[C@@]2(C)Oc3c(C)c(O)c4c(O)c(c5c(c4c3C2=O)NC2(CCN(CC(C)C)CC2)N=5)=NC(=O)/C(C)=C\C=C\[C@H](C)[C@H](OC(=O)CN(C)CCOC(=O)CCC(P=O)P=O)[C@@H](C)[C@@H](O)[C@@H](C)[C@H](OC(C)=O)[C@@H]1C. The zero-order chi connectivity index (χ0) is 58.4. The smallest absolute Gasteiger partial charge is 0.320 e. The summed E-state index contributed by atoms with van der Waals surface area (Å²) in [7, 11) is 2.39. The Morgan fingerprint density at radius 3 is 2.23 bits per heavy atom. The maximum Gasteiger partial charge on any atom is 0.320 e. The highest BCUT2D eigenvalue weighted by molar-refractivity contribution is 7.44. The minimum absolute atomic E-state index is 0.0177. The lowest BCUT2D eigenvalue weighted by molar-refractivity contribution is -0.166. The Hall–Kier alpha value is -5.69. The van der Waals surface area contributed by atoms with Gasteiger partial charge in [-0.3, -0.25) is 43.0 Å². The molecule has 21 nitrogen and oxygen atoms in total. The second kappa shape index (κ2) is 26.3. The molecule has 4 aliphatic heterocycles. The molecule has 1 amide bonds. The third-order valence-electron chi connectivity index (χ3n) is 15.4. The standard InChI is InChI=1S/C56H77N5O16P2/c1-28(2)25-61-21-19-56(20-22-61)58-43-40-41-47(66)34(8)52-42(40)53(68)55(11,77-52)74-27-31(5)49(72-13)35(9)51(75-36(10)62)33(7)46(65)32(6)50(29(3)15-14-16-30(4)54(69)57-45(48(41)67)44(43)59-56)76-38(64)26-60(12)23-24-73-37(63)17-18-39(78-70)79-71/h14-16,27-29,32-33,35,39,46,49-51,58,65-67H,17-26H2,1-13H3/b15-14+,30-16-,31-27+,57-45?/t29-,32-,33+,35+,46+,49-,50-,51-,55-/m0/s1. The number of hydrogen-bond donors (Lipinski definition) is 4. The van der Waals surface area contributed by atoms with E-state index in [1.165, 1.54) is 47.1 Å². The number of hydrogen-bond acceptors (Lipinski definition) is 20. The number of aliphatic hydroxyl groups excluding tert-OH is 1. The molecular weight excluding hydrogens is 1060 g/mol. The van der Waals surface area contributed by atoms with Crippen molar-refractivity contribution in [2.24, 2.45) is 39.6 Å². The van der Waals surface area contributed by atoms with Crippen LogP contribution in [0.15, 0.2) is 45.6 Å². The van der Waals surface area contributed by atoms with Crippen molar-refractivity contribution in [3.05, 3.63) is 57.5 Å². The molecule has 6 rings (SSSR count). The summed E-state index contributed by atoms with van der Waals surface area (Å²) in [5, 5.41) is 39.4. The summed E-state index contributed by atoms with van der Waals surface area (Å²) < 4.78 is 58.3. The summed E-state index contributed by atoms with van der Waals surface area (Å²) in [6.07, 6.45) is 3.02. The number of allylic oxidation sites excluding steroid dienone is 2. The first-order chi connectivity index (χ1) is 37.2. The van der Waals surface area contributed by atoms with Gasteiger partial charge < -0.3 is 54.0 Å². The number of phenols is 2. The molecule has 0 unspecified atom stereocenters. The van der Waals surface area contributed by atoms with Gasteiger partial charge in [-0.2, -0.15) is 0 Å². The van der Waals surface area contributed by atoms with Crippen LogP contribution >= 0.6 is 16.9 Å². The van der Waals surface area contributed by atoms with E-state index in [-0.39, 0.29) is 99.1 Å². The van der Waals surface area contributed by atoms with Gasteiger partial charge in [0.1, 0.15) is 52.1 Å². The molecule has 1 fully saturated rings. The maximum atomic E-state index is 15.0. The summed E-state index contributed by atoms with van der Waals surface area (Å²) in [4.78, 5) is 81.8. The van der Waals surface area contributed by atoms with Gasteiger partial charge in [0.2, 0.25) is 0 Å². The number of nitrogens with zero attached hydrogens (tertiary/aromatic N) is 4. The van der Waals surface area contributed by atoms with Gasteiger partial charge in [0.05, 0.1) is 41.7 Å². The van der Waals surface area contributed by atoms with Crippen LogP contribution in [0.2, 0.25) is 0 Å². The number of rotatable bonds is 15. The largest absolute Gasteiger partial charge is 0.507 e. The molecule has 0 saturated carbocycles. The molecule has 1 saturated heterocycles. The molecule has 9 atom stereocenters. The normalized spacial score (nSPS) is 28.7. The summed E-state index contributed by atoms with van der Waals surface area (Å²) in [6, 6.07) is 0. The van der Waals surface area contributed by atoms with E-state index in [4.69, 9.17) is 33.4 Å². The lowest BCUT2D eigenvalue weighted by Gasteiger charge is -2.39. The van der Waals surface area contributed by atoms with E-state index in [2.05, 4.69) is 29.1 Å². The average molecular weight is 1140 g/mol. The predicted octanol–water partition coefficient (Wildman–Crippen LogP) is 6.86. The topological polar surface area (TPSA) is 279 Å². The number of ketones is 1. The number of benzene rings is 2. The van der Waals surface area contributed by atoms with Crippen molar-refractivity contribution in [2.45, 2.75) is 143 Å². The van der Waals surface area contributed by atoms with Gasteiger partial charge >= 0.3 is 23.7 Å². The quantitative estimate of drug-likeness (QED) is 0.0614. The number of anilines is 1. The molecule has 0 radical (unpaired) electrons. The fourth-order valence-electron chi connectivity index (χ4n) is 11.0. The number of methoxy groups -OCH3 is 1. The minimum Gasteiger partial charge on any atom is -0.507 e. The fourth-order valence-corrected chi connectivity index (χ4v) is 11.7. The third kappa shape index (κ3) is 13.9. The zero-order valence-electron chi connectivity index (χ0n) is 47.5. The van der Waals surface area contributed by atoms with Crippen LogP contribution in [0.5, 0.6) is 17.2 Å². The number of phenolic OH excluding ortho intramolecular Hbond substituents is 2. The van der Waals surface area contributed by atoms with Gasteiger partial charge in [0.25, 0.3) is 11.7 Å². The van der Waals surface area contributed by atoms with Gasteiger partial charge in [-0.25, -0.2) is 4.99 Å². The number of Topliss-reactive ketones (excluding diaryl/α,β-unsaturated/α-hetero) is 1. The van der Waals surface area contributed by atoms with Crippen molar-refractivity contribution < 1.29 is 76.8 Å². The molecule has 79 heavy (non-hydrogen) atoms. The molecule has 4 N–H and O–H groups in total. The molecule has 1 spiro atoms. The number of likely N-dealkylation sites (tertiary alicyclic amines) is 1. The number of aliphatic hydroxyl groups is 1. The zero-order valence-corrected chi connectivity index (χ0v) is 49.3. The Kier molecular flexibility index (Phi) is 20.8. The Morgan fingerprint density at radius 2 is 1.61 bits per heavy atom. The molecule has 432 valence electrons. The summed E-state index contributed by atoms with van der Waals surface area (Å²) >= 11 is 0. The molecular formula is C56H77N5O16P2. The van der Waals surface area contributed by atoms with E-state index in [1.807, 2.05) is 0 Å². The first-order valence-electron chi connectivity index (χ1n) is 26.8. The van der Waals surface area contributed by atoms with Crippen LogP contribution in [0, 0.1) is 36.5 Å². The number of nitrogens with one attached hydrogen (secondary N) is 1. The van der Waals surface area contributed by atoms with E-state index in [0.29, 0.717) is 37.4 Å². The molecule has 0 aromatic heterocycles. The van der Waals surface area contributed by atoms with Crippen LogP contribution in [0.1, 0.15) is 111 Å². The van der Waals surface area contributed by atoms with Crippen molar-refractivity contribution in [2.75, 3.05) is 58.8 Å². The van der Waals surface area contributed by atoms with Crippen LogP contribution in [-0.4, -0.2) is 149 Å². The number of piperidine rings is 1. The molecule has 0 aliphatic carbocycles. The molecule has 23 heteroatoms. The van der Waals surface area contributed by atoms with Gasteiger partial charge in [0.15, 0.2) is 22.7 Å². The highest BCUT2D eigenvalue weighted by Gasteiger charge is 2.51. The number of carbonyl (C=O) groups excluding carboxylic acids is 5. The van der Waals surface area contributed by atoms with E-state index in [9.17, 15) is 43.6 Å². The van der Waals surface area contributed by atoms with Crippen LogP contribution < -0.4 is 20.8 Å². The highest BCUT2D eigenvalue weighted by atomic mass is 31.1. The predicted molar refractivity (Wildman–Crippen MR) is 293 cm³/mol. The molecule has 4 bridgehead atoms. The molecule has 4 aliphatic rings. The van der Waals surface area contributed by atoms with Gasteiger partial charge in [0, 0.05) is 107 Å². The summed E-state index contributed by atoms with van der Waals surface area (Å²) in [6.45, 7) is 20.7. The molecule has 2 aromatic rings. The Balaban J connectivity index is 1.45. The Bertz CT molecular complexity index is 2910. The van der Waals surface area contributed by atoms with Gasteiger partial charge in [-0.15, -0.1) is 0 Å². The number of likely N-dealkylation sites (N-methyl/N-ethyl adjacent to an activating group) is 1. The fraction of sp³-hybridized carbons (Fsp3) is 0.625. The van der Waals surface area contributed by atoms with Crippen LogP contribution in [0.25, 0.3) is 10.8 Å². The number of ether oxygens (including phenoxy) is 6. The van der Waals surface area contributed by atoms with E-state index < -0.39 is 106 Å². The van der Waals surface area contributed by atoms with E-state index in [0.717, 1.165) is 6.54 Å². The first-order valence-corrected chi connectivity index (χ1v) is 28.6. The Morgan fingerprint density at radius 1 is 0.949 bits per heavy atom. The van der Waals surface area contributed by atoms with Gasteiger partial charge in [-0.1, -0.05) is 59.8 Å². The lowest BCUT2D eigenvalue weighted by atomic mass is 9.77. The number of carbonyl (C=O) groups is 5. The van der Waals surface area contributed by atoms with Crippen molar-refractivity contribution in [3.63, 3.8) is 0 Å². The third-order valence-corrected chi connectivity index (χ3v) is 17.0. The maximum absolute atomic E-state index is 15.0. The summed E-state index contributed by atoms with van der Waals surface area (Å²) in [5.74, 6) is -8.82. The van der Waals surface area contributed by atoms with Crippen molar-refractivity contribution in [3.8, 4) is 17.2 Å². The van der Waals surface area contributed by atoms with Crippen LogP contribution in [-0.2, 0) is 52.0 Å². The number of amides is 1. The monoisotopic (exact) mass is 1140 g/mol. The first kappa shape index (κ1) is 62.5. The van der Waals surface area contributed by atoms with Crippen LogP contribution in [0.3, 0.4) is 0 Å². The van der Waals surface area contributed by atoms with Crippen molar-refractivity contribution in [1.82, 2.24) is 9.80 Å². The van der Waals surface area contributed by atoms with Crippen molar-refractivity contribution >= 4 is 63.0 Å². The van der Waals surface area contributed by atoms with E-state index in [1.54, 1.807) is 58.7 Å². The number of aromatic hydroxyl groups is 2. The van der Waals surface area contributed by atoms with Crippen LogP contribution in [0.4, 0.5) is 5.69 Å². The highest BCUT2D eigenvalue weighted by Crippen LogP contribution is 2.51. The average Bonchev–Trinajstić information content (AvgIpc) is 3.52. The van der Waals surface area contributed by atoms with Crippen molar-refractivity contribution in [1.29, 1.82) is 0 Å². The van der Waals surface area contributed by atoms with E-state index >= 15 is 4.79 Å². The second-order valence-corrected chi connectivity index (χ2v) is 24.2. The lowest BCUT2D eigenvalue weighted by Crippen LogP contribution is -2.48. The van der Waals surface area contributed by atoms with Gasteiger partial charge in [-0.05, 0) is 45.7 Å². The summed E-state index contributed by atoms with van der Waals surface area (Å²) in [5.41, 5.74) is 0.0671. The molecule has 2 aromatic carbocycles. The Labute approximate surface area is 464 Å². The second-order valence-electron chi connectivity index (χ2n) is 22.1. The number of fused-ring (bicyclic) bond motifs is 1. The minimum atomic E-state index is -2.03. The number of esters is 3.